The van der Waals surface area contributed by atoms with Crippen LogP contribution in [0.25, 0.3) is 16.7 Å². The first-order valence-corrected chi connectivity index (χ1v) is 12.2. The van der Waals surface area contributed by atoms with E-state index in [9.17, 15) is 14.7 Å². The smallest absolute Gasteiger partial charge is 0.295 e. The summed E-state index contributed by atoms with van der Waals surface area (Å²) in [7, 11) is 0. The number of rotatable bonds is 6. The molecule has 3 aromatic carbocycles. The van der Waals surface area contributed by atoms with Gasteiger partial charge in [-0.3, -0.25) is 14.6 Å². The molecule has 186 valence electrons. The van der Waals surface area contributed by atoms with Gasteiger partial charge in [0.15, 0.2) is 0 Å². The number of nitrogens with one attached hydrogen (secondary N) is 1. The average molecular weight is 502 g/mol. The SMILES string of the molecule is O=C1C(=O)N(Cc2cccnc2)C(c2cccc(Oc3ccccc3)c2)/C1=C(/O)c1c[nH]c2ccccc12. The lowest BCUT2D eigenvalue weighted by atomic mass is 9.95. The van der Waals surface area contributed by atoms with E-state index in [4.69, 9.17) is 4.74 Å². The maximum atomic E-state index is 13.5. The Morgan fingerprint density at radius 2 is 1.71 bits per heavy atom. The number of aliphatic hydroxyl groups excluding tert-OH is 1. The van der Waals surface area contributed by atoms with E-state index in [1.807, 2.05) is 78.9 Å². The van der Waals surface area contributed by atoms with Gasteiger partial charge >= 0.3 is 0 Å². The molecule has 1 saturated heterocycles. The highest BCUT2D eigenvalue weighted by atomic mass is 16.5. The second-order valence-corrected chi connectivity index (χ2v) is 9.02. The molecule has 6 rings (SSSR count). The zero-order valence-corrected chi connectivity index (χ0v) is 20.2. The van der Waals surface area contributed by atoms with Gasteiger partial charge in [-0.1, -0.05) is 54.6 Å². The molecule has 0 saturated carbocycles. The third-order valence-electron chi connectivity index (χ3n) is 6.61. The van der Waals surface area contributed by atoms with Crippen molar-refractivity contribution in [3.05, 3.63) is 132 Å². The zero-order valence-electron chi connectivity index (χ0n) is 20.2. The molecule has 1 aliphatic heterocycles. The number of H-pyrrole nitrogens is 1. The number of carbonyl (C=O) groups excluding carboxylic acids is 2. The van der Waals surface area contributed by atoms with Crippen molar-refractivity contribution in [1.82, 2.24) is 14.9 Å². The lowest BCUT2D eigenvalue weighted by molar-refractivity contribution is -0.140. The summed E-state index contributed by atoms with van der Waals surface area (Å²) in [5.41, 5.74) is 2.71. The number of nitrogens with zero attached hydrogens (tertiary/aromatic N) is 2. The van der Waals surface area contributed by atoms with Crippen LogP contribution in [0.4, 0.5) is 0 Å². The molecule has 7 heteroatoms. The Hall–Kier alpha value is -5.17. The number of pyridine rings is 1. The van der Waals surface area contributed by atoms with E-state index in [2.05, 4.69) is 9.97 Å². The fourth-order valence-electron chi connectivity index (χ4n) is 4.86. The molecule has 2 N–H and O–H groups in total. The van der Waals surface area contributed by atoms with Gasteiger partial charge in [0.25, 0.3) is 11.7 Å². The quantitative estimate of drug-likeness (QED) is 0.170. The molecule has 2 aromatic heterocycles. The van der Waals surface area contributed by atoms with Crippen LogP contribution in [0, 0.1) is 0 Å². The first-order valence-electron chi connectivity index (χ1n) is 12.2. The predicted octanol–water partition coefficient (Wildman–Crippen LogP) is 5.98. The van der Waals surface area contributed by atoms with Crippen LogP contribution >= 0.6 is 0 Å². The molecule has 0 spiro atoms. The van der Waals surface area contributed by atoms with Gasteiger partial charge < -0.3 is 19.7 Å². The summed E-state index contributed by atoms with van der Waals surface area (Å²) in [5, 5.41) is 12.3. The number of carbonyl (C=O) groups is 2. The Labute approximate surface area is 218 Å². The Morgan fingerprint density at radius 1 is 0.921 bits per heavy atom. The molecule has 3 heterocycles. The topological polar surface area (TPSA) is 95.5 Å². The maximum absolute atomic E-state index is 13.5. The van der Waals surface area contributed by atoms with Crippen molar-refractivity contribution in [2.24, 2.45) is 0 Å². The Balaban J connectivity index is 1.49. The van der Waals surface area contributed by atoms with E-state index in [-0.39, 0.29) is 17.9 Å². The van der Waals surface area contributed by atoms with E-state index in [1.165, 1.54) is 4.90 Å². The van der Waals surface area contributed by atoms with Crippen LogP contribution in [0.2, 0.25) is 0 Å². The van der Waals surface area contributed by atoms with Crippen LogP contribution in [0.5, 0.6) is 11.5 Å². The number of Topliss-reactive ketones (excluding diaryl/α,β-unsaturated/α-hetero) is 1. The van der Waals surface area contributed by atoms with Gasteiger partial charge in [-0.25, -0.2) is 0 Å². The minimum atomic E-state index is -0.830. The number of aromatic amines is 1. The summed E-state index contributed by atoms with van der Waals surface area (Å²) < 4.78 is 6.03. The van der Waals surface area contributed by atoms with Crippen LogP contribution in [-0.2, 0) is 16.1 Å². The summed E-state index contributed by atoms with van der Waals surface area (Å²) >= 11 is 0. The van der Waals surface area contributed by atoms with Crippen molar-refractivity contribution in [3.63, 3.8) is 0 Å². The fourth-order valence-corrected chi connectivity index (χ4v) is 4.86. The molecule has 7 nitrogen and oxygen atoms in total. The zero-order chi connectivity index (χ0) is 26.1. The van der Waals surface area contributed by atoms with Crippen molar-refractivity contribution in [1.29, 1.82) is 0 Å². The third kappa shape index (κ3) is 4.20. The summed E-state index contributed by atoms with van der Waals surface area (Å²) in [6.45, 7) is 0.150. The molecule has 1 atom stereocenters. The summed E-state index contributed by atoms with van der Waals surface area (Å²) in [4.78, 5) is 35.6. The molecule has 1 fully saturated rings. The van der Waals surface area contributed by atoms with Crippen molar-refractivity contribution in [2.45, 2.75) is 12.6 Å². The van der Waals surface area contributed by atoms with Crippen molar-refractivity contribution in [3.8, 4) is 11.5 Å². The Morgan fingerprint density at radius 3 is 2.53 bits per heavy atom. The van der Waals surface area contributed by atoms with Crippen LogP contribution in [0.3, 0.4) is 0 Å². The molecule has 1 unspecified atom stereocenters. The molecular formula is C31H23N3O4. The fraction of sp³-hybridized carbons (Fsp3) is 0.0645. The van der Waals surface area contributed by atoms with E-state index in [0.717, 1.165) is 16.5 Å². The Bertz CT molecular complexity index is 1680. The van der Waals surface area contributed by atoms with Gasteiger partial charge in [0.2, 0.25) is 0 Å². The van der Waals surface area contributed by atoms with E-state index in [1.54, 1.807) is 30.7 Å². The van der Waals surface area contributed by atoms with Gasteiger partial charge in [-0.05, 0) is 47.5 Å². The molecule has 5 aromatic rings. The molecule has 0 bridgehead atoms. The maximum Gasteiger partial charge on any atom is 0.295 e. The number of benzene rings is 3. The number of amides is 1. The highest BCUT2D eigenvalue weighted by Crippen LogP contribution is 2.42. The number of para-hydroxylation sites is 2. The number of aromatic nitrogens is 2. The second-order valence-electron chi connectivity index (χ2n) is 9.02. The molecule has 38 heavy (non-hydrogen) atoms. The van der Waals surface area contributed by atoms with Gasteiger partial charge in [-0.2, -0.15) is 0 Å². The predicted molar refractivity (Wildman–Crippen MR) is 143 cm³/mol. The second kappa shape index (κ2) is 9.71. The lowest BCUT2D eigenvalue weighted by Gasteiger charge is -2.25. The van der Waals surface area contributed by atoms with Crippen molar-refractivity contribution in [2.75, 3.05) is 0 Å². The monoisotopic (exact) mass is 501 g/mol. The van der Waals surface area contributed by atoms with E-state index in [0.29, 0.717) is 22.6 Å². The van der Waals surface area contributed by atoms with Crippen molar-refractivity contribution < 1.29 is 19.4 Å². The standard InChI is InChI=1S/C31H23N3O4/c35-29(25-18-33-26-14-5-4-13-24(25)26)27-28(34(31(37)30(27)36)19-20-8-7-15-32-17-20)21-9-6-12-23(16-21)38-22-10-2-1-3-11-22/h1-18,28,33,35H,19H2/b29-27-. The number of ether oxygens (including phenoxy) is 1. The van der Waals surface area contributed by atoms with Gasteiger partial charge in [0.1, 0.15) is 17.3 Å². The first-order chi connectivity index (χ1) is 18.6. The van der Waals surface area contributed by atoms with E-state index >= 15 is 0 Å². The highest BCUT2D eigenvalue weighted by molar-refractivity contribution is 6.46. The summed E-state index contributed by atoms with van der Waals surface area (Å²) in [6.07, 6.45) is 4.96. The highest BCUT2D eigenvalue weighted by Gasteiger charge is 2.46. The number of likely N-dealkylation sites (tertiary alicyclic amines) is 1. The molecule has 0 aliphatic carbocycles. The third-order valence-corrected chi connectivity index (χ3v) is 6.61. The van der Waals surface area contributed by atoms with E-state index < -0.39 is 17.7 Å². The van der Waals surface area contributed by atoms with Gasteiger partial charge in [0.05, 0.1) is 11.6 Å². The summed E-state index contributed by atoms with van der Waals surface area (Å²) in [5.74, 6) is -0.444. The molecule has 0 radical (unpaired) electrons. The first kappa shape index (κ1) is 23.2. The van der Waals surface area contributed by atoms with Crippen LogP contribution in [0.1, 0.15) is 22.7 Å². The molecule has 1 aliphatic rings. The average Bonchev–Trinajstić information content (AvgIpc) is 3.49. The number of fused-ring (bicyclic) bond motifs is 1. The van der Waals surface area contributed by atoms with Crippen LogP contribution in [-0.4, -0.2) is 31.7 Å². The molecular weight excluding hydrogens is 478 g/mol. The Kier molecular flexibility index (Phi) is 5.94. The van der Waals surface area contributed by atoms with Gasteiger partial charge in [-0.15, -0.1) is 0 Å². The number of hydrogen-bond donors (Lipinski definition) is 2. The largest absolute Gasteiger partial charge is 0.507 e. The van der Waals surface area contributed by atoms with Crippen molar-refractivity contribution >= 4 is 28.4 Å². The van der Waals surface area contributed by atoms with Crippen LogP contribution in [0.15, 0.2) is 115 Å². The summed E-state index contributed by atoms with van der Waals surface area (Å²) in [6, 6.07) is 26.9. The number of hydrogen-bond acceptors (Lipinski definition) is 5. The molecule has 1 amide bonds. The van der Waals surface area contributed by atoms with Crippen LogP contribution < -0.4 is 4.74 Å². The minimum absolute atomic E-state index is 0.0282. The number of aliphatic hydroxyl groups is 1. The number of ketones is 1. The lowest BCUT2D eigenvalue weighted by Crippen LogP contribution is -2.29. The normalized spacial score (nSPS) is 16.7. The minimum Gasteiger partial charge on any atom is -0.507 e. The van der Waals surface area contributed by atoms with Gasteiger partial charge in [0, 0.05) is 41.6 Å².